The third-order valence-electron chi connectivity index (χ3n) is 3.82. The zero-order valence-electron chi connectivity index (χ0n) is 14.1. The first-order chi connectivity index (χ1) is 12.7. The number of nitrogens with two attached hydrogens (primary N) is 1. The Morgan fingerprint density at radius 1 is 1.19 bits per heavy atom. The number of carbonyl (C=O) groups is 1. The molecule has 3 aromatic rings. The molecule has 0 bridgehead atoms. The van der Waals surface area contributed by atoms with Gasteiger partial charge >= 0.3 is 6.36 Å². The van der Waals surface area contributed by atoms with Crippen molar-refractivity contribution in [1.29, 1.82) is 0 Å². The minimum absolute atomic E-state index is 0.0515. The topological polar surface area (TPSA) is 80.3 Å². The number of ether oxygens (including phenoxy) is 1. The highest BCUT2D eigenvalue weighted by Gasteiger charge is 2.32. The van der Waals surface area contributed by atoms with Crippen LogP contribution in [0.4, 0.5) is 13.2 Å². The molecule has 0 aliphatic rings. The molecule has 2 aromatic carbocycles. The van der Waals surface area contributed by atoms with Gasteiger partial charge < -0.3 is 15.0 Å². The Balaban J connectivity index is 2.17. The van der Waals surface area contributed by atoms with Crippen LogP contribution < -0.4 is 10.5 Å². The summed E-state index contributed by atoms with van der Waals surface area (Å²) in [7, 11) is 0. The van der Waals surface area contributed by atoms with Crippen molar-refractivity contribution in [3.63, 3.8) is 0 Å². The molecule has 0 fully saturated rings. The van der Waals surface area contributed by atoms with Crippen LogP contribution in [-0.4, -0.2) is 27.2 Å². The molecule has 5 nitrogen and oxygen atoms in total. The van der Waals surface area contributed by atoms with Gasteiger partial charge in [0.2, 0.25) is 0 Å². The number of Topliss-reactive ketones (excluding diaryl/α,β-unsaturated/α-hetero) is 1. The SMILES string of the molecule is Cc1ccc([S+]([O-])n2c(C(=O)CN)cc3ccc(OC(F)(F)F)cc32)cc1. The van der Waals surface area contributed by atoms with E-state index in [2.05, 4.69) is 4.74 Å². The molecule has 142 valence electrons. The minimum Gasteiger partial charge on any atom is -0.587 e. The second kappa shape index (κ2) is 7.26. The predicted octanol–water partition coefficient (Wildman–Crippen LogP) is 3.56. The molecule has 1 unspecified atom stereocenters. The van der Waals surface area contributed by atoms with Gasteiger partial charge in [-0.25, -0.2) is 0 Å². The molecule has 1 aromatic heterocycles. The van der Waals surface area contributed by atoms with E-state index in [0.29, 0.717) is 10.3 Å². The van der Waals surface area contributed by atoms with E-state index in [9.17, 15) is 22.5 Å². The van der Waals surface area contributed by atoms with Crippen molar-refractivity contribution >= 4 is 28.0 Å². The number of hydrogen-bond donors (Lipinski definition) is 1. The third-order valence-corrected chi connectivity index (χ3v) is 5.23. The number of halogens is 3. The quantitative estimate of drug-likeness (QED) is 0.528. The van der Waals surface area contributed by atoms with E-state index in [1.165, 1.54) is 16.1 Å². The smallest absolute Gasteiger partial charge is 0.573 e. The average molecular weight is 396 g/mol. The van der Waals surface area contributed by atoms with Crippen molar-refractivity contribution < 1.29 is 27.3 Å². The van der Waals surface area contributed by atoms with Gasteiger partial charge in [0.15, 0.2) is 10.7 Å². The molecule has 0 saturated carbocycles. The first-order valence-corrected chi connectivity index (χ1v) is 8.94. The van der Waals surface area contributed by atoms with Crippen molar-refractivity contribution in [1.82, 2.24) is 3.97 Å². The number of nitrogens with zero attached hydrogens (tertiary/aromatic N) is 1. The lowest BCUT2D eigenvalue weighted by molar-refractivity contribution is -0.274. The lowest BCUT2D eigenvalue weighted by Crippen LogP contribution is -2.22. The van der Waals surface area contributed by atoms with Gasteiger partial charge in [-0.05, 0) is 37.3 Å². The predicted molar refractivity (Wildman–Crippen MR) is 95.0 cm³/mol. The van der Waals surface area contributed by atoms with E-state index in [4.69, 9.17) is 5.73 Å². The summed E-state index contributed by atoms with van der Waals surface area (Å²) in [6, 6.07) is 11.8. The van der Waals surface area contributed by atoms with Crippen molar-refractivity contribution in [2.45, 2.75) is 18.2 Å². The summed E-state index contributed by atoms with van der Waals surface area (Å²) < 4.78 is 55.8. The zero-order valence-corrected chi connectivity index (χ0v) is 14.9. The lowest BCUT2D eigenvalue weighted by atomic mass is 10.2. The first kappa shape index (κ1) is 19.3. The normalized spacial score (nSPS) is 13.0. The molecule has 3 rings (SSSR count). The average Bonchev–Trinajstić information content (AvgIpc) is 2.98. The molecule has 1 atom stereocenters. The van der Waals surface area contributed by atoms with Gasteiger partial charge in [-0.2, -0.15) is 3.97 Å². The largest absolute Gasteiger partial charge is 0.587 e. The molecule has 0 radical (unpaired) electrons. The number of rotatable bonds is 5. The van der Waals surface area contributed by atoms with Gasteiger partial charge in [-0.1, -0.05) is 17.7 Å². The van der Waals surface area contributed by atoms with Gasteiger partial charge in [0.25, 0.3) is 0 Å². The number of ketones is 1. The van der Waals surface area contributed by atoms with Crippen LogP contribution in [0.1, 0.15) is 16.1 Å². The van der Waals surface area contributed by atoms with Crippen LogP contribution in [0, 0.1) is 6.92 Å². The number of carbonyl (C=O) groups excluding carboxylic acids is 1. The Morgan fingerprint density at radius 3 is 2.44 bits per heavy atom. The van der Waals surface area contributed by atoms with Gasteiger partial charge in [-0.3, -0.25) is 4.79 Å². The van der Waals surface area contributed by atoms with E-state index in [1.807, 2.05) is 6.92 Å². The van der Waals surface area contributed by atoms with Crippen molar-refractivity contribution in [2.24, 2.45) is 5.73 Å². The van der Waals surface area contributed by atoms with E-state index in [-0.39, 0.29) is 17.8 Å². The van der Waals surface area contributed by atoms with Crippen LogP contribution in [0.25, 0.3) is 10.9 Å². The van der Waals surface area contributed by atoms with Gasteiger partial charge in [-0.15, -0.1) is 13.2 Å². The molecule has 2 N–H and O–H groups in total. The molecule has 1 heterocycles. The minimum atomic E-state index is -4.86. The summed E-state index contributed by atoms with van der Waals surface area (Å²) in [5.41, 5.74) is 6.61. The molecule has 0 spiro atoms. The van der Waals surface area contributed by atoms with E-state index >= 15 is 0 Å². The van der Waals surface area contributed by atoms with Crippen LogP contribution in [-0.2, 0) is 11.4 Å². The highest BCUT2D eigenvalue weighted by atomic mass is 32.2. The molecule has 27 heavy (non-hydrogen) atoms. The van der Waals surface area contributed by atoms with Gasteiger partial charge in [0.05, 0.1) is 6.54 Å². The maximum atomic E-state index is 13.1. The fraction of sp³-hybridized carbons (Fsp3) is 0.167. The van der Waals surface area contributed by atoms with Gasteiger partial charge in [0.1, 0.15) is 28.3 Å². The number of alkyl halides is 3. The second-order valence-electron chi connectivity index (χ2n) is 5.78. The molecule has 0 saturated heterocycles. The number of benzene rings is 2. The number of hydrogen-bond acceptors (Lipinski definition) is 4. The van der Waals surface area contributed by atoms with Crippen molar-refractivity contribution in [3.05, 3.63) is 59.8 Å². The van der Waals surface area contributed by atoms with E-state index in [1.54, 1.807) is 24.3 Å². The summed E-state index contributed by atoms with van der Waals surface area (Å²) >= 11 is -1.86. The Kier molecular flexibility index (Phi) is 5.18. The second-order valence-corrected chi connectivity index (χ2v) is 7.12. The standard InChI is InChI=1S/C18H15F3N2O3S/c1-11-2-6-14(7-3-11)27(25)23-15-9-13(26-18(19,20)21)5-4-12(15)8-16(23)17(24)10-22/h2-9H,10,22H2,1H3. The molecule has 0 aliphatic heterocycles. The summed E-state index contributed by atoms with van der Waals surface area (Å²) in [4.78, 5) is 12.6. The monoisotopic (exact) mass is 396 g/mol. The summed E-state index contributed by atoms with van der Waals surface area (Å²) in [6.45, 7) is 1.54. The van der Waals surface area contributed by atoms with Crippen LogP contribution in [0.15, 0.2) is 53.4 Å². The zero-order chi connectivity index (χ0) is 19.8. The molecular formula is C18H15F3N2O3S. The van der Waals surface area contributed by atoms with Crippen molar-refractivity contribution in [3.8, 4) is 5.75 Å². The van der Waals surface area contributed by atoms with Crippen LogP contribution in [0.5, 0.6) is 5.75 Å². The molecular weight excluding hydrogens is 381 g/mol. The van der Waals surface area contributed by atoms with Crippen LogP contribution in [0.3, 0.4) is 0 Å². The molecule has 9 heteroatoms. The summed E-state index contributed by atoms with van der Waals surface area (Å²) in [6.07, 6.45) is -4.86. The number of aryl methyl sites for hydroxylation is 1. The fourth-order valence-electron chi connectivity index (χ4n) is 2.59. The number of fused-ring (bicyclic) bond motifs is 1. The van der Waals surface area contributed by atoms with Crippen LogP contribution >= 0.6 is 0 Å². The first-order valence-electron chi connectivity index (χ1n) is 7.83. The summed E-state index contributed by atoms with van der Waals surface area (Å²) in [5.74, 6) is -0.952. The third kappa shape index (κ3) is 4.10. The molecule has 0 amide bonds. The highest BCUT2D eigenvalue weighted by Crippen LogP contribution is 2.31. The number of aromatic nitrogens is 1. The molecule has 0 aliphatic carbocycles. The van der Waals surface area contributed by atoms with Gasteiger partial charge in [0, 0.05) is 11.5 Å². The Hall–Kier alpha value is -2.49. The Bertz CT molecular complexity index is 984. The Morgan fingerprint density at radius 2 is 1.85 bits per heavy atom. The van der Waals surface area contributed by atoms with E-state index in [0.717, 1.165) is 17.7 Å². The maximum absolute atomic E-state index is 13.1. The van der Waals surface area contributed by atoms with Crippen LogP contribution in [0.2, 0.25) is 0 Å². The highest BCUT2D eigenvalue weighted by molar-refractivity contribution is 7.90. The Labute approximate surface area is 155 Å². The van der Waals surface area contributed by atoms with Crippen molar-refractivity contribution in [2.75, 3.05) is 6.54 Å². The fourth-order valence-corrected chi connectivity index (χ4v) is 3.84. The maximum Gasteiger partial charge on any atom is 0.573 e. The van der Waals surface area contributed by atoms with E-state index < -0.39 is 29.3 Å². The lowest BCUT2D eigenvalue weighted by Gasteiger charge is -2.15. The summed E-state index contributed by atoms with van der Waals surface area (Å²) in [5, 5.41) is 0.446.